The molecule has 0 amide bonds. The fourth-order valence-electron chi connectivity index (χ4n) is 0.167. The zero-order valence-electron chi connectivity index (χ0n) is 4.23. The highest BCUT2D eigenvalue weighted by molar-refractivity contribution is 4.02. The van der Waals surface area contributed by atoms with Crippen molar-refractivity contribution in [3.05, 3.63) is 0 Å². The molecule has 0 bridgehead atoms. The van der Waals surface area contributed by atoms with E-state index in [4.69, 9.17) is 4.74 Å². The zero-order valence-corrected chi connectivity index (χ0v) is 4.23. The maximum Gasteiger partial charge on any atom is 0.146 e. The van der Waals surface area contributed by atoms with Gasteiger partial charge in [0.2, 0.25) is 0 Å². The molecule has 0 saturated heterocycles. The summed E-state index contributed by atoms with van der Waals surface area (Å²) in [5, 5.41) is 0. The van der Waals surface area contributed by atoms with Crippen molar-refractivity contribution in [1.82, 2.24) is 0 Å². The van der Waals surface area contributed by atoms with Gasteiger partial charge in [0.1, 0.15) is 6.79 Å². The van der Waals surface area contributed by atoms with Gasteiger partial charge in [-0.2, -0.15) is 0 Å². The van der Waals surface area contributed by atoms with Crippen molar-refractivity contribution in [2.45, 2.75) is 29.2 Å². The van der Waals surface area contributed by atoms with Crippen LogP contribution in [-0.2, 0) is 9.47 Å². The van der Waals surface area contributed by atoms with Gasteiger partial charge in [-0.05, 0) is 6.92 Å². The molecule has 62 valence electrons. The summed E-state index contributed by atoms with van der Waals surface area (Å²) in [6.07, 6.45) is 0. The molecule has 0 spiro atoms. The maximum absolute atomic E-state index is 4.76. The SMILES string of the molecule is C.C.C.CCOCOC. The molecule has 0 rings (SSSR count). The normalized spacial score (nSPS) is 6.00. The first-order valence-corrected chi connectivity index (χ1v) is 1.98. The molecule has 0 aromatic rings. The van der Waals surface area contributed by atoms with E-state index in [0.717, 1.165) is 6.61 Å². The average Bonchev–Trinajstić information content (AvgIpc) is 1.61. The van der Waals surface area contributed by atoms with Gasteiger partial charge in [0.15, 0.2) is 0 Å². The average molecular weight is 138 g/mol. The summed E-state index contributed by atoms with van der Waals surface area (Å²) in [7, 11) is 1.61. The largest absolute Gasteiger partial charge is 0.359 e. The van der Waals surface area contributed by atoms with Crippen LogP contribution in [0.1, 0.15) is 29.2 Å². The third kappa shape index (κ3) is 32.6. The van der Waals surface area contributed by atoms with Crippen molar-refractivity contribution in [2.24, 2.45) is 0 Å². The first kappa shape index (κ1) is 23.1. The topological polar surface area (TPSA) is 18.5 Å². The van der Waals surface area contributed by atoms with Crippen LogP contribution in [0.2, 0.25) is 0 Å². The summed E-state index contributed by atoms with van der Waals surface area (Å²) in [6, 6.07) is 0. The lowest BCUT2D eigenvalue weighted by atomic mass is 10.9. The van der Waals surface area contributed by atoms with E-state index < -0.39 is 0 Å². The second-order valence-electron chi connectivity index (χ2n) is 0.899. The van der Waals surface area contributed by atoms with E-state index in [9.17, 15) is 0 Å². The molecule has 0 aliphatic carbocycles. The van der Waals surface area contributed by atoms with Crippen LogP contribution in [0.3, 0.4) is 0 Å². The van der Waals surface area contributed by atoms with Crippen molar-refractivity contribution in [3.8, 4) is 0 Å². The van der Waals surface area contributed by atoms with Crippen molar-refractivity contribution < 1.29 is 9.47 Å². The van der Waals surface area contributed by atoms with E-state index >= 15 is 0 Å². The van der Waals surface area contributed by atoms with Crippen molar-refractivity contribution in [2.75, 3.05) is 20.5 Å². The molecule has 0 N–H and O–H groups in total. The van der Waals surface area contributed by atoms with Gasteiger partial charge >= 0.3 is 0 Å². The van der Waals surface area contributed by atoms with Crippen molar-refractivity contribution in [1.29, 1.82) is 0 Å². The Bertz CT molecular complexity index is 18.9. The lowest BCUT2D eigenvalue weighted by molar-refractivity contribution is -0.0250. The van der Waals surface area contributed by atoms with E-state index in [1.165, 1.54) is 0 Å². The molecule has 0 atom stereocenters. The highest BCUT2D eigenvalue weighted by Crippen LogP contribution is 1.68. The summed E-state index contributed by atoms with van der Waals surface area (Å²) >= 11 is 0. The van der Waals surface area contributed by atoms with Gasteiger partial charge in [0, 0.05) is 13.7 Å². The van der Waals surface area contributed by atoms with Crippen LogP contribution in [0, 0.1) is 0 Å². The Morgan fingerprint density at radius 2 is 1.56 bits per heavy atom. The second kappa shape index (κ2) is 24.7. The number of ether oxygens (including phenoxy) is 2. The van der Waals surface area contributed by atoms with E-state index in [0.29, 0.717) is 6.79 Å². The van der Waals surface area contributed by atoms with Crippen LogP contribution < -0.4 is 0 Å². The Morgan fingerprint density at radius 3 is 1.67 bits per heavy atom. The minimum absolute atomic E-state index is 0. The molecule has 0 aliphatic rings. The molecule has 2 heteroatoms. The minimum atomic E-state index is 0. The molecule has 0 aromatic carbocycles. The van der Waals surface area contributed by atoms with Gasteiger partial charge in [-0.15, -0.1) is 0 Å². The summed E-state index contributed by atoms with van der Waals surface area (Å²) in [4.78, 5) is 0. The number of hydrogen-bond acceptors (Lipinski definition) is 2. The Morgan fingerprint density at radius 1 is 1.11 bits per heavy atom. The van der Waals surface area contributed by atoms with Gasteiger partial charge in [0.25, 0.3) is 0 Å². The van der Waals surface area contributed by atoms with E-state index in [2.05, 4.69) is 4.74 Å². The van der Waals surface area contributed by atoms with E-state index in [1.54, 1.807) is 7.11 Å². The Kier molecular flexibility index (Phi) is 63.4. The quantitative estimate of drug-likeness (QED) is 0.441. The maximum atomic E-state index is 4.76. The molecule has 0 aliphatic heterocycles. The molecule has 9 heavy (non-hydrogen) atoms. The number of methoxy groups -OCH3 is 1. The molecule has 0 unspecified atom stereocenters. The lowest BCUT2D eigenvalue weighted by Gasteiger charge is -1.93. The van der Waals surface area contributed by atoms with Crippen molar-refractivity contribution >= 4 is 0 Å². The second-order valence-corrected chi connectivity index (χ2v) is 0.899. The molecule has 0 fully saturated rings. The van der Waals surface area contributed by atoms with Crippen LogP contribution in [0.4, 0.5) is 0 Å². The van der Waals surface area contributed by atoms with Crippen LogP contribution in [0.5, 0.6) is 0 Å². The summed E-state index contributed by atoms with van der Waals surface area (Å²) < 4.78 is 9.32. The third-order valence-corrected chi connectivity index (χ3v) is 0.405. The summed E-state index contributed by atoms with van der Waals surface area (Å²) in [5.74, 6) is 0. The van der Waals surface area contributed by atoms with Gasteiger partial charge in [-0.25, -0.2) is 0 Å². The standard InChI is InChI=1S/C4H10O2.3CH4/c1-3-6-4-5-2;;;/h3-4H2,1-2H3;3*1H4. The van der Waals surface area contributed by atoms with E-state index in [1.807, 2.05) is 6.92 Å². The Labute approximate surface area is 60.2 Å². The number of hydrogen-bond donors (Lipinski definition) is 0. The lowest BCUT2D eigenvalue weighted by Crippen LogP contribution is -1.93. The molecule has 0 saturated carbocycles. The molecule has 2 nitrogen and oxygen atoms in total. The molecule has 0 aromatic heterocycles. The van der Waals surface area contributed by atoms with Crippen LogP contribution in [-0.4, -0.2) is 20.5 Å². The molecular weight excluding hydrogens is 116 g/mol. The highest BCUT2D eigenvalue weighted by atomic mass is 16.7. The molecule has 0 radical (unpaired) electrons. The third-order valence-electron chi connectivity index (χ3n) is 0.405. The fraction of sp³-hybridized carbons (Fsp3) is 1.00. The van der Waals surface area contributed by atoms with Crippen LogP contribution >= 0.6 is 0 Å². The van der Waals surface area contributed by atoms with Gasteiger partial charge in [0.05, 0.1) is 0 Å². The van der Waals surface area contributed by atoms with Crippen LogP contribution in [0.15, 0.2) is 0 Å². The van der Waals surface area contributed by atoms with Crippen molar-refractivity contribution in [3.63, 3.8) is 0 Å². The molecule has 0 heterocycles. The first-order valence-electron chi connectivity index (χ1n) is 1.98. The van der Waals surface area contributed by atoms with E-state index in [-0.39, 0.29) is 22.3 Å². The van der Waals surface area contributed by atoms with Crippen LogP contribution in [0.25, 0.3) is 0 Å². The Hall–Kier alpha value is -0.0800. The predicted molar refractivity (Wildman–Crippen MR) is 43.7 cm³/mol. The predicted octanol–water partition coefficient (Wildman–Crippen LogP) is 2.54. The fourth-order valence-corrected chi connectivity index (χ4v) is 0.167. The summed E-state index contributed by atoms with van der Waals surface area (Å²) in [5.41, 5.74) is 0. The Balaban J connectivity index is -0.0000000417. The summed E-state index contributed by atoms with van der Waals surface area (Å²) in [6.45, 7) is 3.07. The first-order chi connectivity index (χ1) is 2.91. The highest BCUT2D eigenvalue weighted by Gasteiger charge is 1.71. The van der Waals surface area contributed by atoms with Gasteiger partial charge in [-0.1, -0.05) is 22.3 Å². The van der Waals surface area contributed by atoms with Gasteiger partial charge in [-0.3, -0.25) is 0 Å². The monoisotopic (exact) mass is 138 g/mol. The minimum Gasteiger partial charge on any atom is -0.359 e. The number of rotatable bonds is 3. The van der Waals surface area contributed by atoms with Gasteiger partial charge < -0.3 is 9.47 Å². The smallest absolute Gasteiger partial charge is 0.146 e. The molecular formula is C7H22O2. The zero-order chi connectivity index (χ0) is 4.83.